The second kappa shape index (κ2) is 3.97. The van der Waals surface area contributed by atoms with E-state index >= 15 is 0 Å². The number of hydrogen-bond donors (Lipinski definition) is 0. The smallest absolute Gasteiger partial charge is 0.218 e. The molecular weight excluding hydrogens is 186 g/mol. The van der Waals surface area contributed by atoms with Gasteiger partial charge >= 0.3 is 0 Å². The highest BCUT2D eigenvalue weighted by molar-refractivity contribution is 6.17. The Labute approximate surface area is 82.9 Å². The van der Waals surface area contributed by atoms with Crippen LogP contribution in [0.15, 0.2) is 18.3 Å². The number of alkyl halides is 1. The summed E-state index contributed by atoms with van der Waals surface area (Å²) in [6, 6.07) is 3.83. The highest BCUT2D eigenvalue weighted by Gasteiger charge is 2.20. The first-order valence-corrected chi connectivity index (χ1v) is 5.10. The van der Waals surface area contributed by atoms with Crippen LogP contribution in [0, 0.1) is 0 Å². The molecule has 2 rings (SSSR count). The molecule has 0 radical (unpaired) electrons. The Morgan fingerprint density at radius 2 is 2.38 bits per heavy atom. The molecule has 0 atom stereocenters. The molecule has 2 nitrogen and oxygen atoms in total. The molecular formula is C10H12ClNO. The lowest BCUT2D eigenvalue weighted by Crippen LogP contribution is -2.25. The maximum atomic E-state index is 5.76. The van der Waals surface area contributed by atoms with Gasteiger partial charge in [0.15, 0.2) is 0 Å². The van der Waals surface area contributed by atoms with E-state index in [0.29, 0.717) is 17.9 Å². The molecule has 1 aliphatic rings. The van der Waals surface area contributed by atoms with Crippen molar-refractivity contribution in [2.75, 3.05) is 0 Å². The maximum Gasteiger partial charge on any atom is 0.218 e. The molecule has 0 aliphatic heterocycles. The molecule has 1 saturated carbocycles. The summed E-state index contributed by atoms with van der Waals surface area (Å²) in [4.78, 5) is 4.16. The lowest BCUT2D eigenvalue weighted by Gasteiger charge is -2.26. The zero-order chi connectivity index (χ0) is 9.10. The van der Waals surface area contributed by atoms with E-state index in [1.54, 1.807) is 6.20 Å². The summed E-state index contributed by atoms with van der Waals surface area (Å²) in [6.07, 6.45) is 5.69. The lowest BCUT2D eigenvalue weighted by molar-refractivity contribution is 0.113. The van der Waals surface area contributed by atoms with Crippen molar-refractivity contribution in [3.05, 3.63) is 23.9 Å². The Morgan fingerprint density at radius 3 is 3.00 bits per heavy atom. The third-order valence-corrected chi connectivity index (χ3v) is 2.61. The summed E-state index contributed by atoms with van der Waals surface area (Å²) in [5.41, 5.74) is 0.982. The maximum absolute atomic E-state index is 5.76. The SMILES string of the molecule is ClCc1cccnc1OC1CCC1. The van der Waals surface area contributed by atoms with Gasteiger partial charge in [0.25, 0.3) is 0 Å². The van der Waals surface area contributed by atoms with Gasteiger partial charge in [-0.1, -0.05) is 6.07 Å². The Bertz CT molecular complexity index is 286. The fraction of sp³-hybridized carbons (Fsp3) is 0.500. The van der Waals surface area contributed by atoms with Crippen LogP contribution in [0.5, 0.6) is 5.88 Å². The van der Waals surface area contributed by atoms with E-state index < -0.39 is 0 Å². The van der Waals surface area contributed by atoms with Crippen molar-refractivity contribution in [2.24, 2.45) is 0 Å². The van der Waals surface area contributed by atoms with Gasteiger partial charge in [0.05, 0.1) is 5.88 Å². The molecule has 70 valence electrons. The zero-order valence-corrected chi connectivity index (χ0v) is 8.13. The first-order valence-electron chi connectivity index (χ1n) is 4.56. The first kappa shape index (κ1) is 8.82. The predicted octanol–water partition coefficient (Wildman–Crippen LogP) is 2.75. The van der Waals surface area contributed by atoms with Crippen molar-refractivity contribution in [1.29, 1.82) is 0 Å². The molecule has 0 aromatic carbocycles. The number of nitrogens with zero attached hydrogens (tertiary/aromatic N) is 1. The molecule has 1 aliphatic carbocycles. The standard InChI is InChI=1S/C10H12ClNO/c11-7-8-3-2-6-12-10(8)13-9-4-1-5-9/h2-3,6,9H,1,4-5,7H2. The summed E-state index contributed by atoms with van der Waals surface area (Å²) >= 11 is 5.76. The van der Waals surface area contributed by atoms with E-state index in [2.05, 4.69) is 4.98 Å². The molecule has 1 aromatic rings. The van der Waals surface area contributed by atoms with Gasteiger partial charge in [0, 0.05) is 11.8 Å². The van der Waals surface area contributed by atoms with Crippen LogP contribution in [0.3, 0.4) is 0 Å². The van der Waals surface area contributed by atoms with Gasteiger partial charge in [0.2, 0.25) is 5.88 Å². The summed E-state index contributed by atoms with van der Waals surface area (Å²) in [7, 11) is 0. The molecule has 3 heteroatoms. The fourth-order valence-electron chi connectivity index (χ4n) is 1.28. The zero-order valence-electron chi connectivity index (χ0n) is 7.37. The molecule has 0 saturated heterocycles. The van der Waals surface area contributed by atoms with Crippen molar-refractivity contribution in [1.82, 2.24) is 4.98 Å². The third kappa shape index (κ3) is 1.94. The highest BCUT2D eigenvalue weighted by atomic mass is 35.5. The van der Waals surface area contributed by atoms with Gasteiger partial charge in [-0.2, -0.15) is 0 Å². The minimum atomic E-state index is 0.372. The van der Waals surface area contributed by atoms with Crippen molar-refractivity contribution < 1.29 is 4.74 Å². The topological polar surface area (TPSA) is 22.1 Å². The largest absolute Gasteiger partial charge is 0.474 e. The van der Waals surface area contributed by atoms with E-state index in [1.165, 1.54) is 6.42 Å². The average molecular weight is 198 g/mol. The first-order chi connectivity index (χ1) is 6.40. The van der Waals surface area contributed by atoms with Crippen LogP contribution in [0.1, 0.15) is 24.8 Å². The van der Waals surface area contributed by atoms with E-state index in [0.717, 1.165) is 18.4 Å². The van der Waals surface area contributed by atoms with Gasteiger partial charge < -0.3 is 4.74 Å². The summed E-state index contributed by atoms with van der Waals surface area (Å²) in [5, 5.41) is 0. The van der Waals surface area contributed by atoms with Gasteiger partial charge in [-0.15, -0.1) is 11.6 Å². The molecule has 0 unspecified atom stereocenters. The number of pyridine rings is 1. The molecule has 0 spiro atoms. The van der Waals surface area contributed by atoms with Crippen LogP contribution in [0.4, 0.5) is 0 Å². The van der Waals surface area contributed by atoms with Crippen LogP contribution >= 0.6 is 11.6 Å². The molecule has 1 aromatic heterocycles. The Kier molecular flexibility index (Phi) is 2.69. The van der Waals surface area contributed by atoms with Gasteiger partial charge in [-0.05, 0) is 25.3 Å². The molecule has 0 bridgehead atoms. The fourth-order valence-corrected chi connectivity index (χ4v) is 1.48. The normalized spacial score (nSPS) is 16.7. The quantitative estimate of drug-likeness (QED) is 0.696. The lowest BCUT2D eigenvalue weighted by atomic mass is 9.96. The van der Waals surface area contributed by atoms with Gasteiger partial charge in [-0.3, -0.25) is 0 Å². The van der Waals surface area contributed by atoms with E-state index in [-0.39, 0.29) is 0 Å². The molecule has 0 N–H and O–H groups in total. The van der Waals surface area contributed by atoms with Crippen LogP contribution in [-0.2, 0) is 5.88 Å². The van der Waals surface area contributed by atoms with Crippen molar-refractivity contribution in [3.63, 3.8) is 0 Å². The number of ether oxygens (including phenoxy) is 1. The molecule has 1 heterocycles. The Morgan fingerprint density at radius 1 is 1.54 bits per heavy atom. The Hall–Kier alpha value is -0.760. The van der Waals surface area contributed by atoms with Crippen LogP contribution in [0.25, 0.3) is 0 Å². The molecule has 0 amide bonds. The third-order valence-electron chi connectivity index (χ3n) is 2.32. The second-order valence-electron chi connectivity index (χ2n) is 3.27. The number of halogens is 1. The van der Waals surface area contributed by atoms with Crippen LogP contribution in [0.2, 0.25) is 0 Å². The predicted molar refractivity (Wildman–Crippen MR) is 52.1 cm³/mol. The summed E-state index contributed by atoms with van der Waals surface area (Å²) in [6.45, 7) is 0. The van der Waals surface area contributed by atoms with Crippen molar-refractivity contribution in [2.45, 2.75) is 31.2 Å². The van der Waals surface area contributed by atoms with E-state index in [9.17, 15) is 0 Å². The van der Waals surface area contributed by atoms with E-state index in [1.807, 2.05) is 12.1 Å². The van der Waals surface area contributed by atoms with Crippen LogP contribution < -0.4 is 4.74 Å². The minimum Gasteiger partial charge on any atom is -0.474 e. The van der Waals surface area contributed by atoms with Gasteiger partial charge in [-0.25, -0.2) is 4.98 Å². The summed E-state index contributed by atoms with van der Waals surface area (Å²) in [5.74, 6) is 1.18. The van der Waals surface area contributed by atoms with Crippen molar-refractivity contribution >= 4 is 11.6 Å². The number of aromatic nitrogens is 1. The van der Waals surface area contributed by atoms with Gasteiger partial charge in [0.1, 0.15) is 6.10 Å². The van der Waals surface area contributed by atoms with Crippen molar-refractivity contribution in [3.8, 4) is 5.88 Å². The Balaban J connectivity index is 2.08. The number of rotatable bonds is 3. The molecule has 13 heavy (non-hydrogen) atoms. The van der Waals surface area contributed by atoms with Crippen LogP contribution in [-0.4, -0.2) is 11.1 Å². The highest BCUT2D eigenvalue weighted by Crippen LogP contribution is 2.26. The van der Waals surface area contributed by atoms with E-state index in [4.69, 9.17) is 16.3 Å². The average Bonchev–Trinajstić information content (AvgIpc) is 2.12. The monoisotopic (exact) mass is 197 g/mol. The molecule has 1 fully saturated rings. The summed E-state index contributed by atoms with van der Waals surface area (Å²) < 4.78 is 5.68. The minimum absolute atomic E-state index is 0.372. The number of hydrogen-bond acceptors (Lipinski definition) is 2. The second-order valence-corrected chi connectivity index (χ2v) is 3.54.